The van der Waals surface area contributed by atoms with E-state index in [1.165, 1.54) is 0 Å². The van der Waals surface area contributed by atoms with Gasteiger partial charge in [0, 0.05) is 11.1 Å². The molecule has 0 radical (unpaired) electrons. The first kappa shape index (κ1) is 18.5. The number of aromatic nitrogens is 3. The topological polar surface area (TPSA) is 86.2 Å². The van der Waals surface area contributed by atoms with Crippen molar-refractivity contribution < 1.29 is 4.79 Å². The van der Waals surface area contributed by atoms with Crippen LogP contribution in [-0.2, 0) is 4.79 Å². The molecule has 0 fully saturated rings. The summed E-state index contributed by atoms with van der Waals surface area (Å²) in [7, 11) is 0. The molecule has 1 aliphatic heterocycles. The average molecular weight is 361 g/mol. The fraction of sp³-hybridized carbons (Fsp3) is 0.238. The van der Waals surface area contributed by atoms with Crippen molar-refractivity contribution in [3.63, 3.8) is 0 Å². The highest BCUT2D eigenvalue weighted by molar-refractivity contribution is 6.16. The van der Waals surface area contributed by atoms with Crippen molar-refractivity contribution in [3.05, 3.63) is 77.4 Å². The lowest BCUT2D eigenvalue weighted by atomic mass is 9.99. The molecular formula is C21H23N5O. The number of rotatable bonds is 5. The van der Waals surface area contributed by atoms with E-state index in [0.29, 0.717) is 5.82 Å². The summed E-state index contributed by atoms with van der Waals surface area (Å²) in [4.78, 5) is 16.6. The highest BCUT2D eigenvalue weighted by Gasteiger charge is 2.28. The zero-order valence-corrected chi connectivity index (χ0v) is 15.8. The summed E-state index contributed by atoms with van der Waals surface area (Å²) in [5.41, 5.74) is 9.16. The van der Waals surface area contributed by atoms with Crippen LogP contribution in [-0.4, -0.2) is 26.4 Å². The lowest BCUT2D eigenvalue weighted by molar-refractivity contribution is -0.118. The molecule has 1 atom stereocenters. The molecule has 1 amide bonds. The quantitative estimate of drug-likeness (QED) is 0.828. The summed E-state index contributed by atoms with van der Waals surface area (Å²) in [6.45, 7) is 5.82. The minimum absolute atomic E-state index is 0.0718. The van der Waals surface area contributed by atoms with Crippen molar-refractivity contribution in [2.24, 2.45) is 10.7 Å². The first-order valence-corrected chi connectivity index (χ1v) is 8.90. The van der Waals surface area contributed by atoms with Gasteiger partial charge in [-0.25, -0.2) is 0 Å². The minimum atomic E-state index is -0.495. The highest BCUT2D eigenvalue weighted by Crippen LogP contribution is 2.32. The molecule has 3 rings (SSSR count). The molecule has 0 bridgehead atoms. The van der Waals surface area contributed by atoms with E-state index < -0.39 is 11.9 Å². The van der Waals surface area contributed by atoms with E-state index >= 15 is 0 Å². The van der Waals surface area contributed by atoms with Gasteiger partial charge in [0.1, 0.15) is 11.9 Å². The second-order valence-corrected chi connectivity index (χ2v) is 6.27. The van der Waals surface area contributed by atoms with E-state index in [1.807, 2.05) is 80.0 Å². The molecule has 6 heteroatoms. The van der Waals surface area contributed by atoms with E-state index in [-0.39, 0.29) is 6.42 Å². The number of carbonyl (C=O) groups is 1. The Morgan fingerprint density at radius 3 is 2.70 bits per heavy atom. The smallest absolute Gasteiger partial charge is 0.220 e. The molecule has 0 spiro atoms. The van der Waals surface area contributed by atoms with E-state index in [9.17, 15) is 4.79 Å². The van der Waals surface area contributed by atoms with Crippen molar-refractivity contribution in [2.45, 2.75) is 33.2 Å². The number of nitrogens with two attached hydrogens (primary N) is 1. The number of allylic oxidation sites excluding steroid dienone is 6. The average Bonchev–Trinajstić information content (AvgIpc) is 2.97. The molecule has 2 N–H and O–H groups in total. The number of hydrogen-bond acceptors (Lipinski definition) is 4. The molecule has 1 aromatic heterocycles. The maximum absolute atomic E-state index is 11.7. The van der Waals surface area contributed by atoms with Gasteiger partial charge in [-0.15, -0.1) is 10.2 Å². The number of nitrogens with zero attached hydrogens (tertiary/aromatic N) is 4. The number of aryl methyl sites for hydroxylation is 1. The second-order valence-electron chi connectivity index (χ2n) is 6.27. The fourth-order valence-electron chi connectivity index (χ4n) is 3.19. The molecule has 0 unspecified atom stereocenters. The van der Waals surface area contributed by atoms with Crippen molar-refractivity contribution in [2.75, 3.05) is 0 Å². The van der Waals surface area contributed by atoms with Gasteiger partial charge in [-0.2, -0.15) is 0 Å². The van der Waals surface area contributed by atoms with Crippen LogP contribution in [0.1, 0.15) is 43.5 Å². The number of hydrogen-bond donors (Lipinski definition) is 1. The Kier molecular flexibility index (Phi) is 5.45. The number of aliphatic imine (C=N–C) groups is 1. The Labute approximate surface area is 158 Å². The predicted molar refractivity (Wildman–Crippen MR) is 107 cm³/mol. The molecular weight excluding hydrogens is 338 g/mol. The summed E-state index contributed by atoms with van der Waals surface area (Å²) in [5.74, 6) is 0.944. The highest BCUT2D eigenvalue weighted by atomic mass is 16.1. The molecule has 0 aliphatic carbocycles. The Morgan fingerprint density at radius 1 is 1.22 bits per heavy atom. The first-order valence-electron chi connectivity index (χ1n) is 8.90. The van der Waals surface area contributed by atoms with E-state index in [0.717, 1.165) is 28.4 Å². The van der Waals surface area contributed by atoms with Gasteiger partial charge >= 0.3 is 0 Å². The van der Waals surface area contributed by atoms with Crippen LogP contribution < -0.4 is 5.73 Å². The van der Waals surface area contributed by atoms with Gasteiger partial charge in [-0.1, -0.05) is 48.6 Å². The number of amides is 1. The van der Waals surface area contributed by atoms with Crippen LogP contribution in [0.5, 0.6) is 0 Å². The minimum Gasteiger partial charge on any atom is -0.370 e. The molecule has 27 heavy (non-hydrogen) atoms. The Bertz CT molecular complexity index is 978. The summed E-state index contributed by atoms with van der Waals surface area (Å²) < 4.78 is 1.96. The predicted octanol–water partition coefficient (Wildman–Crippen LogP) is 3.37. The third-order valence-corrected chi connectivity index (χ3v) is 4.32. The van der Waals surface area contributed by atoms with Crippen molar-refractivity contribution >= 4 is 11.6 Å². The number of para-hydroxylation sites is 1. The molecule has 0 saturated carbocycles. The van der Waals surface area contributed by atoms with Gasteiger partial charge in [-0.05, 0) is 26.8 Å². The summed E-state index contributed by atoms with van der Waals surface area (Å²) in [6.07, 6.45) is 10.0. The third-order valence-electron chi connectivity index (χ3n) is 4.32. The molecule has 6 nitrogen and oxygen atoms in total. The van der Waals surface area contributed by atoms with Gasteiger partial charge in [0.15, 0.2) is 5.82 Å². The van der Waals surface area contributed by atoms with Crippen LogP contribution in [0.4, 0.5) is 0 Å². The largest absolute Gasteiger partial charge is 0.370 e. The Morgan fingerprint density at radius 2 is 2.00 bits per heavy atom. The lowest BCUT2D eigenvalue weighted by Gasteiger charge is -2.12. The van der Waals surface area contributed by atoms with Crippen LogP contribution >= 0.6 is 0 Å². The maximum atomic E-state index is 11.7. The first-order chi connectivity index (χ1) is 13.1. The van der Waals surface area contributed by atoms with Crippen molar-refractivity contribution in [1.29, 1.82) is 0 Å². The van der Waals surface area contributed by atoms with Gasteiger partial charge in [0.2, 0.25) is 5.91 Å². The van der Waals surface area contributed by atoms with Crippen LogP contribution in [0, 0.1) is 6.92 Å². The molecule has 2 aromatic rings. The Balaban J connectivity index is 2.32. The van der Waals surface area contributed by atoms with Crippen molar-refractivity contribution in [3.8, 4) is 5.69 Å². The SMILES string of the molecule is C\C=C/C=C(\C=C/C)C1=N[C@@H](CC(N)=O)c2nnc(C)n2-c2ccccc21. The zero-order chi connectivity index (χ0) is 19.4. The fourth-order valence-corrected chi connectivity index (χ4v) is 3.19. The normalized spacial score (nSPS) is 16.9. The third kappa shape index (κ3) is 3.65. The van der Waals surface area contributed by atoms with E-state index in [4.69, 9.17) is 10.7 Å². The van der Waals surface area contributed by atoms with Crippen LogP contribution in [0.15, 0.2) is 65.2 Å². The van der Waals surface area contributed by atoms with Gasteiger partial charge in [0.05, 0.1) is 17.8 Å². The van der Waals surface area contributed by atoms with Crippen LogP contribution in [0.25, 0.3) is 5.69 Å². The summed E-state index contributed by atoms with van der Waals surface area (Å²) in [5, 5.41) is 8.50. The lowest BCUT2D eigenvalue weighted by Crippen LogP contribution is -2.17. The molecule has 1 aliphatic rings. The molecule has 0 saturated heterocycles. The second kappa shape index (κ2) is 7.95. The summed E-state index contributed by atoms with van der Waals surface area (Å²) in [6, 6.07) is 7.49. The molecule has 2 heterocycles. The van der Waals surface area contributed by atoms with Gasteiger partial charge < -0.3 is 5.73 Å². The van der Waals surface area contributed by atoms with E-state index in [1.54, 1.807) is 0 Å². The Hall–Kier alpha value is -3.28. The number of fused-ring (bicyclic) bond motifs is 3. The standard InChI is InChI=1S/C21H23N5O/c1-4-6-10-15(9-5-2)20-16-11-7-8-12-18(16)26-14(3)24-25-21(26)17(23-20)13-19(22)27/h4-12,17H,13H2,1-3H3,(H2,22,27)/b6-4-,9-5-,15-10+/t17-/m0/s1. The molecule has 1 aromatic carbocycles. The van der Waals surface area contributed by atoms with Crippen LogP contribution in [0.3, 0.4) is 0 Å². The van der Waals surface area contributed by atoms with Gasteiger partial charge in [0.25, 0.3) is 0 Å². The van der Waals surface area contributed by atoms with E-state index in [2.05, 4.69) is 10.2 Å². The number of carbonyl (C=O) groups excluding carboxylic acids is 1. The van der Waals surface area contributed by atoms with Crippen molar-refractivity contribution in [1.82, 2.24) is 14.8 Å². The zero-order valence-electron chi connectivity index (χ0n) is 15.8. The maximum Gasteiger partial charge on any atom is 0.220 e. The monoisotopic (exact) mass is 361 g/mol. The summed E-state index contributed by atoms with van der Waals surface area (Å²) >= 11 is 0. The van der Waals surface area contributed by atoms with Crippen LogP contribution in [0.2, 0.25) is 0 Å². The molecule has 138 valence electrons. The number of primary amides is 1. The number of benzene rings is 1. The van der Waals surface area contributed by atoms with Gasteiger partial charge in [-0.3, -0.25) is 14.4 Å².